The zero-order valence-electron chi connectivity index (χ0n) is 39.5. The highest BCUT2D eigenvalue weighted by molar-refractivity contribution is 5.98. The molecule has 0 unspecified atom stereocenters. The molecule has 22 heteroatoms. The van der Waals surface area contributed by atoms with Crippen LogP contribution in [0.1, 0.15) is 43.4 Å². The van der Waals surface area contributed by atoms with Crippen LogP contribution in [0, 0.1) is 0 Å². The van der Waals surface area contributed by atoms with Crippen molar-refractivity contribution in [2.24, 2.45) is 0 Å². The number of carboxylic acid groups (broad SMARTS) is 1. The van der Waals surface area contributed by atoms with Crippen LogP contribution in [0.15, 0.2) is 66.7 Å². The van der Waals surface area contributed by atoms with Crippen LogP contribution in [-0.2, 0) is 57.6 Å². The first kappa shape index (κ1) is 52.5. The molecule has 70 heavy (non-hydrogen) atoms. The van der Waals surface area contributed by atoms with Crippen molar-refractivity contribution in [1.29, 1.82) is 0 Å². The van der Waals surface area contributed by atoms with Gasteiger partial charge in [0.2, 0.25) is 41.7 Å². The molecule has 0 saturated carbocycles. The number of rotatable bonds is 9. The third-order valence-electron chi connectivity index (χ3n) is 12.8. The molecule has 6 amide bonds. The van der Waals surface area contributed by atoms with Crippen LogP contribution in [0.4, 0.5) is 0 Å². The molecule has 6 bridgehead atoms. The number of hydrogen-bond donors (Lipinski definition) is 8. The fourth-order valence-electron chi connectivity index (χ4n) is 8.41. The summed E-state index contributed by atoms with van der Waals surface area (Å²) in [6.07, 6.45) is -9.39. The Kier molecular flexibility index (Phi) is 17.0. The van der Waals surface area contributed by atoms with Crippen molar-refractivity contribution in [2.75, 3.05) is 34.9 Å². The number of aliphatic hydroxyl groups excluding tert-OH is 4. The van der Waals surface area contributed by atoms with Gasteiger partial charge >= 0.3 is 5.97 Å². The Hall–Kier alpha value is -6.85. The van der Waals surface area contributed by atoms with Crippen LogP contribution in [-0.4, -0.2) is 183 Å². The van der Waals surface area contributed by atoms with Gasteiger partial charge in [0.05, 0.1) is 13.7 Å². The summed E-state index contributed by atoms with van der Waals surface area (Å²) in [4.78, 5) is 102. The van der Waals surface area contributed by atoms with Crippen molar-refractivity contribution in [3.63, 3.8) is 0 Å². The van der Waals surface area contributed by atoms with E-state index < -0.39 is 128 Å². The van der Waals surface area contributed by atoms with Crippen molar-refractivity contribution >= 4 is 41.4 Å². The smallest absolute Gasteiger partial charge is 0.303 e. The van der Waals surface area contributed by atoms with Crippen LogP contribution in [0.5, 0.6) is 23.0 Å². The Morgan fingerprint density at radius 2 is 1.34 bits per heavy atom. The number of aliphatic carboxylic acids is 1. The average molecular weight is 977 g/mol. The topological polar surface area (TPSA) is 303 Å². The van der Waals surface area contributed by atoms with E-state index in [4.69, 9.17) is 18.9 Å². The van der Waals surface area contributed by atoms with E-state index in [-0.39, 0.29) is 36.5 Å². The highest BCUT2D eigenvalue weighted by atomic mass is 16.7. The second-order valence-electron chi connectivity index (χ2n) is 17.7. The lowest BCUT2D eigenvalue weighted by Crippen LogP contribution is -2.62. The van der Waals surface area contributed by atoms with Crippen molar-refractivity contribution < 1.29 is 78.0 Å². The normalized spacial score (nSPS) is 28.4. The third-order valence-corrected chi connectivity index (χ3v) is 12.8. The number of fused-ring (bicyclic) bond motifs is 2. The Bertz CT molecular complexity index is 2400. The largest absolute Gasteiger partial charge is 0.497 e. The molecular weight excluding hydrogens is 917 g/mol. The Labute approximate surface area is 403 Å². The number of carboxylic acids is 1. The molecule has 3 aromatic carbocycles. The number of benzene rings is 3. The SMILES string of the molecule is COc1ccc(C[C@@H]2C(=O)N[C@H](C)C(=O)N(C)[C@@H]3Cc4ccc(cc4)Oc4cc(ccc4O[C@H]4O[C@@H](CO)[C@H](O)[C@@H](O)[C@@H]4O)C[C@@H](C(=O)N[C@H](C)C(=O)N[C@H](CCC(=O)O)C(=O)N2C)N(C)C3=O)cc1. The molecule has 2 saturated heterocycles. The standard InChI is InChI=1S/C48H60N6O16/c1-24-42(61)51-31(16-18-38(56)57)46(65)52(3)32(19-26-7-12-29(67-6)13-8-26)44(63)50-25(2)45(64)54(5)34-20-27-9-14-30(15-10-27)68-36-22-28(21-33(43(62)49-24)53(4)47(34)66)11-17-35(36)69-48-41(60)40(59)39(58)37(23-55)70-48/h7-15,17,22,24-25,31-34,37,39-41,48,55,58-60H,16,18-21,23H2,1-6H3,(H,49,62)(H,50,63)(H,51,61)(H,56,57)/t24-,25-,31-,32-,33+,34-,37+,39+,40-,41+,48+/m1/s1. The second-order valence-corrected chi connectivity index (χ2v) is 17.7. The monoisotopic (exact) mass is 976 g/mol. The molecule has 3 aromatic rings. The molecule has 378 valence electrons. The van der Waals surface area contributed by atoms with Gasteiger partial charge in [-0.3, -0.25) is 33.6 Å². The molecule has 8 N–H and O–H groups in total. The van der Waals surface area contributed by atoms with Gasteiger partial charge in [0.15, 0.2) is 11.5 Å². The number of carbonyl (C=O) groups excluding carboxylic acids is 6. The lowest BCUT2D eigenvalue weighted by atomic mass is 9.98. The van der Waals surface area contributed by atoms with Crippen LogP contribution >= 0.6 is 0 Å². The van der Waals surface area contributed by atoms with Gasteiger partial charge in [-0.2, -0.15) is 0 Å². The number of hydrogen-bond acceptors (Lipinski definition) is 15. The maximum atomic E-state index is 14.9. The van der Waals surface area contributed by atoms with E-state index in [0.717, 1.165) is 9.80 Å². The maximum absolute atomic E-state index is 14.9. The van der Waals surface area contributed by atoms with Gasteiger partial charge in [-0.1, -0.05) is 30.3 Å². The first-order valence-electron chi connectivity index (χ1n) is 22.6. The minimum absolute atomic E-state index is 0.0223. The first-order valence-corrected chi connectivity index (χ1v) is 22.6. The van der Waals surface area contributed by atoms with Gasteiger partial charge in [0.1, 0.15) is 72.2 Å². The van der Waals surface area contributed by atoms with E-state index in [1.165, 1.54) is 65.2 Å². The fourth-order valence-corrected chi connectivity index (χ4v) is 8.41. The number of amides is 6. The summed E-state index contributed by atoms with van der Waals surface area (Å²) in [6.45, 7) is 2.04. The maximum Gasteiger partial charge on any atom is 0.303 e. The molecule has 11 atom stereocenters. The highest BCUT2D eigenvalue weighted by Crippen LogP contribution is 2.36. The minimum Gasteiger partial charge on any atom is -0.497 e. The number of methoxy groups -OCH3 is 1. The quantitative estimate of drug-likeness (QED) is 0.126. The molecule has 0 aliphatic carbocycles. The Balaban J connectivity index is 1.41. The Morgan fingerprint density at radius 3 is 1.99 bits per heavy atom. The van der Waals surface area contributed by atoms with Crippen LogP contribution < -0.4 is 30.2 Å². The molecule has 4 aliphatic rings. The lowest BCUT2D eigenvalue weighted by Gasteiger charge is -2.39. The van der Waals surface area contributed by atoms with Gasteiger partial charge in [-0.15, -0.1) is 0 Å². The van der Waals surface area contributed by atoms with E-state index >= 15 is 0 Å². The zero-order chi connectivity index (χ0) is 51.1. The predicted molar refractivity (Wildman–Crippen MR) is 245 cm³/mol. The number of carbonyl (C=O) groups is 7. The highest BCUT2D eigenvalue weighted by Gasteiger charge is 2.45. The number of nitrogens with one attached hydrogen (secondary N) is 3. The van der Waals surface area contributed by atoms with Gasteiger partial charge in [0.25, 0.3) is 0 Å². The van der Waals surface area contributed by atoms with E-state index in [1.807, 2.05) is 0 Å². The molecule has 22 nitrogen and oxygen atoms in total. The second kappa shape index (κ2) is 22.7. The summed E-state index contributed by atoms with van der Waals surface area (Å²) in [6, 6.07) is 9.43. The van der Waals surface area contributed by atoms with Crippen LogP contribution in [0.2, 0.25) is 0 Å². The molecule has 4 aliphatic heterocycles. The van der Waals surface area contributed by atoms with Crippen molar-refractivity contribution in [3.05, 3.63) is 83.4 Å². The van der Waals surface area contributed by atoms with Crippen molar-refractivity contribution in [3.8, 4) is 23.0 Å². The van der Waals surface area contributed by atoms with Gasteiger partial charge in [0, 0.05) is 46.8 Å². The van der Waals surface area contributed by atoms with E-state index in [9.17, 15) is 59.1 Å². The van der Waals surface area contributed by atoms with Gasteiger partial charge in [-0.05, 0) is 73.4 Å². The van der Waals surface area contributed by atoms with Gasteiger partial charge in [-0.25, -0.2) is 0 Å². The van der Waals surface area contributed by atoms with Crippen molar-refractivity contribution in [1.82, 2.24) is 30.7 Å². The molecule has 4 heterocycles. The minimum atomic E-state index is -1.76. The zero-order valence-corrected chi connectivity index (χ0v) is 39.5. The van der Waals surface area contributed by atoms with E-state index in [2.05, 4.69) is 16.0 Å². The predicted octanol–water partition coefficient (Wildman–Crippen LogP) is -1.14. The number of likely N-dealkylation sites (N-methyl/N-ethyl adjacent to an activating group) is 3. The molecule has 0 aromatic heterocycles. The lowest BCUT2D eigenvalue weighted by molar-refractivity contribution is -0.277. The van der Waals surface area contributed by atoms with Crippen LogP contribution in [0.3, 0.4) is 0 Å². The summed E-state index contributed by atoms with van der Waals surface area (Å²) in [5.41, 5.74) is 1.51. The molecule has 2 fully saturated rings. The Morgan fingerprint density at radius 1 is 0.714 bits per heavy atom. The summed E-state index contributed by atoms with van der Waals surface area (Å²) in [5.74, 6) is -5.18. The average Bonchev–Trinajstić information content (AvgIpc) is 3.34. The summed E-state index contributed by atoms with van der Waals surface area (Å²) < 4.78 is 23.1. The fraction of sp³-hybridized carbons (Fsp3) is 0.479. The molecule has 0 spiro atoms. The number of ether oxygens (including phenoxy) is 4. The van der Waals surface area contributed by atoms with E-state index in [1.54, 1.807) is 48.5 Å². The third kappa shape index (κ3) is 12.1. The summed E-state index contributed by atoms with van der Waals surface area (Å²) in [5, 5.41) is 58.7. The first-order chi connectivity index (χ1) is 33.2. The molecular formula is C48H60N6O16. The summed E-state index contributed by atoms with van der Waals surface area (Å²) in [7, 11) is 5.55. The van der Waals surface area contributed by atoms with Gasteiger partial charge < -0.3 is 75.1 Å². The number of aliphatic hydroxyl groups is 4. The van der Waals surface area contributed by atoms with Crippen molar-refractivity contribution in [2.45, 2.75) is 113 Å². The molecule has 7 rings (SSSR count). The molecule has 0 radical (unpaired) electrons. The number of nitrogens with zero attached hydrogens (tertiary/aromatic N) is 3. The van der Waals surface area contributed by atoms with E-state index in [0.29, 0.717) is 22.4 Å². The summed E-state index contributed by atoms with van der Waals surface area (Å²) >= 11 is 0. The van der Waals surface area contributed by atoms with Crippen LogP contribution in [0.25, 0.3) is 0 Å².